The van der Waals surface area contributed by atoms with Gasteiger partial charge in [-0.2, -0.15) is 0 Å². The standard InChI is InChI=1S/C7H13NO5/c1-3-7(13-2,6(11)12)8-4-5(9)10/h8H,3-4H2,1-2H3,(H,9,10)(H,11,12). The SMILES string of the molecule is CCC(NCC(=O)O)(OC)C(=O)O. The number of nitrogens with one attached hydrogen (secondary N) is 1. The fraction of sp³-hybridized carbons (Fsp3) is 0.714. The molecule has 0 bridgehead atoms. The third kappa shape index (κ3) is 3.00. The van der Waals surface area contributed by atoms with Crippen LogP contribution in [0.3, 0.4) is 0 Å². The minimum Gasteiger partial charge on any atom is -0.480 e. The van der Waals surface area contributed by atoms with E-state index in [2.05, 4.69) is 5.32 Å². The summed E-state index contributed by atoms with van der Waals surface area (Å²) in [7, 11) is 1.21. The lowest BCUT2D eigenvalue weighted by atomic mass is 10.1. The highest BCUT2D eigenvalue weighted by Crippen LogP contribution is 2.10. The first-order valence-electron chi connectivity index (χ1n) is 3.74. The molecular formula is C7H13NO5. The zero-order valence-electron chi connectivity index (χ0n) is 7.53. The van der Waals surface area contributed by atoms with Crippen LogP contribution in [0, 0.1) is 0 Å². The number of methoxy groups -OCH3 is 1. The molecule has 6 heteroatoms. The monoisotopic (exact) mass is 191 g/mol. The van der Waals surface area contributed by atoms with Crippen LogP contribution in [0.2, 0.25) is 0 Å². The van der Waals surface area contributed by atoms with Crippen LogP contribution < -0.4 is 5.32 Å². The number of aliphatic carboxylic acids is 2. The highest BCUT2D eigenvalue weighted by molar-refractivity contribution is 5.78. The van der Waals surface area contributed by atoms with Gasteiger partial charge in [-0.25, -0.2) is 4.79 Å². The van der Waals surface area contributed by atoms with Gasteiger partial charge in [-0.05, 0) is 6.42 Å². The quantitative estimate of drug-likeness (QED) is 0.490. The van der Waals surface area contributed by atoms with Crippen molar-refractivity contribution < 1.29 is 24.5 Å². The third-order valence-electron chi connectivity index (χ3n) is 1.72. The number of hydrogen-bond donors (Lipinski definition) is 3. The molecule has 0 fully saturated rings. The van der Waals surface area contributed by atoms with E-state index >= 15 is 0 Å². The van der Waals surface area contributed by atoms with Gasteiger partial charge in [0.2, 0.25) is 5.72 Å². The maximum Gasteiger partial charge on any atom is 0.351 e. The van der Waals surface area contributed by atoms with Crippen molar-refractivity contribution in [3.05, 3.63) is 0 Å². The van der Waals surface area contributed by atoms with Gasteiger partial charge in [-0.3, -0.25) is 10.1 Å². The van der Waals surface area contributed by atoms with Crippen LogP contribution in [0.4, 0.5) is 0 Å². The molecule has 0 aromatic carbocycles. The molecule has 0 aliphatic heterocycles. The van der Waals surface area contributed by atoms with E-state index in [1.165, 1.54) is 7.11 Å². The van der Waals surface area contributed by atoms with Crippen molar-refractivity contribution in [3.8, 4) is 0 Å². The van der Waals surface area contributed by atoms with E-state index in [9.17, 15) is 9.59 Å². The Labute approximate surface area is 75.5 Å². The molecule has 1 atom stereocenters. The van der Waals surface area contributed by atoms with Gasteiger partial charge in [0.25, 0.3) is 0 Å². The van der Waals surface area contributed by atoms with Gasteiger partial charge in [0, 0.05) is 7.11 Å². The molecule has 13 heavy (non-hydrogen) atoms. The topological polar surface area (TPSA) is 95.9 Å². The van der Waals surface area contributed by atoms with E-state index < -0.39 is 24.2 Å². The fourth-order valence-corrected chi connectivity index (χ4v) is 0.874. The van der Waals surface area contributed by atoms with Gasteiger partial charge in [0.15, 0.2) is 0 Å². The van der Waals surface area contributed by atoms with E-state index in [0.717, 1.165) is 0 Å². The Morgan fingerprint density at radius 2 is 2.00 bits per heavy atom. The Kier molecular flexibility index (Phi) is 4.36. The summed E-state index contributed by atoms with van der Waals surface area (Å²) >= 11 is 0. The number of carbonyl (C=O) groups is 2. The molecule has 1 unspecified atom stereocenters. The third-order valence-corrected chi connectivity index (χ3v) is 1.72. The fourth-order valence-electron chi connectivity index (χ4n) is 0.874. The minimum atomic E-state index is -1.60. The molecule has 0 rings (SSSR count). The second-order valence-corrected chi connectivity index (χ2v) is 2.44. The van der Waals surface area contributed by atoms with E-state index in [4.69, 9.17) is 14.9 Å². The van der Waals surface area contributed by atoms with Crippen LogP contribution in [0.5, 0.6) is 0 Å². The summed E-state index contributed by atoms with van der Waals surface area (Å²) in [5, 5.41) is 19.4. The average molecular weight is 191 g/mol. The van der Waals surface area contributed by atoms with Crippen molar-refractivity contribution in [1.29, 1.82) is 0 Å². The molecule has 0 saturated heterocycles. The van der Waals surface area contributed by atoms with Gasteiger partial charge < -0.3 is 14.9 Å². The predicted octanol–water partition coefficient (Wildman–Crippen LogP) is -0.502. The Balaban J connectivity index is 4.39. The van der Waals surface area contributed by atoms with Crippen molar-refractivity contribution in [2.45, 2.75) is 19.1 Å². The summed E-state index contributed by atoms with van der Waals surface area (Å²) in [6, 6.07) is 0. The first-order chi connectivity index (χ1) is 5.98. The summed E-state index contributed by atoms with van der Waals surface area (Å²) in [6.07, 6.45) is 0.145. The number of rotatable bonds is 6. The zero-order valence-corrected chi connectivity index (χ0v) is 7.53. The molecule has 6 nitrogen and oxygen atoms in total. The minimum absolute atomic E-state index is 0.145. The van der Waals surface area contributed by atoms with Crippen LogP contribution in [-0.4, -0.2) is 41.5 Å². The van der Waals surface area contributed by atoms with Gasteiger partial charge in [-0.1, -0.05) is 6.92 Å². The smallest absolute Gasteiger partial charge is 0.351 e. The van der Waals surface area contributed by atoms with Crippen molar-refractivity contribution in [2.24, 2.45) is 0 Å². The molecule has 0 aromatic heterocycles. The lowest BCUT2D eigenvalue weighted by Gasteiger charge is -2.26. The highest BCUT2D eigenvalue weighted by Gasteiger charge is 2.36. The number of hydrogen-bond acceptors (Lipinski definition) is 4. The lowest BCUT2D eigenvalue weighted by molar-refractivity contribution is -0.168. The highest BCUT2D eigenvalue weighted by atomic mass is 16.5. The second kappa shape index (κ2) is 4.78. The van der Waals surface area contributed by atoms with Gasteiger partial charge >= 0.3 is 11.9 Å². The largest absolute Gasteiger partial charge is 0.480 e. The van der Waals surface area contributed by atoms with Crippen molar-refractivity contribution in [2.75, 3.05) is 13.7 Å². The van der Waals surface area contributed by atoms with Gasteiger partial charge in [-0.15, -0.1) is 0 Å². The molecule has 3 N–H and O–H groups in total. The average Bonchev–Trinajstić information content (AvgIpc) is 2.06. The maximum absolute atomic E-state index is 10.7. The van der Waals surface area contributed by atoms with Crippen molar-refractivity contribution in [1.82, 2.24) is 5.32 Å². The van der Waals surface area contributed by atoms with E-state index in [1.54, 1.807) is 6.92 Å². The van der Waals surface area contributed by atoms with Gasteiger partial charge in [0.05, 0.1) is 6.54 Å². The summed E-state index contributed by atoms with van der Waals surface area (Å²) in [5.74, 6) is -2.35. The van der Waals surface area contributed by atoms with Crippen molar-refractivity contribution >= 4 is 11.9 Å². The summed E-state index contributed by atoms with van der Waals surface area (Å²) in [4.78, 5) is 20.9. The Bertz CT molecular complexity index is 199. The molecule has 0 heterocycles. The van der Waals surface area contributed by atoms with Crippen LogP contribution >= 0.6 is 0 Å². The van der Waals surface area contributed by atoms with Crippen LogP contribution in [0.15, 0.2) is 0 Å². The molecule has 0 amide bonds. The predicted molar refractivity (Wildman–Crippen MR) is 43.3 cm³/mol. The van der Waals surface area contributed by atoms with Crippen LogP contribution in [0.1, 0.15) is 13.3 Å². The van der Waals surface area contributed by atoms with Crippen LogP contribution in [0.25, 0.3) is 0 Å². The number of ether oxygens (including phenoxy) is 1. The Morgan fingerprint density at radius 1 is 1.46 bits per heavy atom. The maximum atomic E-state index is 10.7. The lowest BCUT2D eigenvalue weighted by Crippen LogP contribution is -2.54. The normalized spacial score (nSPS) is 14.9. The van der Waals surface area contributed by atoms with E-state index in [-0.39, 0.29) is 6.42 Å². The Hall–Kier alpha value is -1.14. The zero-order chi connectivity index (χ0) is 10.5. The molecule has 0 saturated carbocycles. The second-order valence-electron chi connectivity index (χ2n) is 2.44. The first-order valence-corrected chi connectivity index (χ1v) is 3.74. The molecule has 0 aliphatic carbocycles. The molecule has 0 radical (unpaired) electrons. The van der Waals surface area contributed by atoms with Gasteiger partial charge in [0.1, 0.15) is 0 Å². The summed E-state index contributed by atoms with van der Waals surface area (Å²) in [6.45, 7) is 1.14. The summed E-state index contributed by atoms with van der Waals surface area (Å²) < 4.78 is 4.72. The molecule has 0 spiro atoms. The van der Waals surface area contributed by atoms with Crippen LogP contribution in [-0.2, 0) is 14.3 Å². The summed E-state index contributed by atoms with van der Waals surface area (Å²) in [5.41, 5.74) is -1.60. The molecule has 0 aromatic rings. The first kappa shape index (κ1) is 11.9. The molecular weight excluding hydrogens is 178 g/mol. The van der Waals surface area contributed by atoms with E-state index in [0.29, 0.717) is 0 Å². The van der Waals surface area contributed by atoms with E-state index in [1.807, 2.05) is 0 Å². The Morgan fingerprint density at radius 3 is 2.23 bits per heavy atom. The molecule has 76 valence electrons. The van der Waals surface area contributed by atoms with Crippen molar-refractivity contribution in [3.63, 3.8) is 0 Å². The number of carboxylic acids is 2. The number of carboxylic acid groups (broad SMARTS) is 2. The molecule has 0 aliphatic rings.